The van der Waals surface area contributed by atoms with Gasteiger partial charge in [0.1, 0.15) is 0 Å². The van der Waals surface area contributed by atoms with Crippen LogP contribution in [0.25, 0.3) is 0 Å². The third-order valence-corrected chi connectivity index (χ3v) is 3.78. The second kappa shape index (κ2) is 6.49. The van der Waals surface area contributed by atoms with Crippen LogP contribution in [0.1, 0.15) is 12.8 Å². The van der Waals surface area contributed by atoms with Crippen LogP contribution in [0, 0.1) is 3.57 Å². The van der Waals surface area contributed by atoms with Crippen molar-refractivity contribution < 1.29 is 4.79 Å². The van der Waals surface area contributed by atoms with Gasteiger partial charge in [-0.15, -0.1) is 0 Å². The molecule has 18 heavy (non-hydrogen) atoms. The Morgan fingerprint density at radius 2 is 2.17 bits per heavy atom. The second-order valence-corrected chi connectivity index (χ2v) is 5.92. The molecule has 1 fully saturated rings. The summed E-state index contributed by atoms with van der Waals surface area (Å²) in [5.74, 6) is 0.0486. The van der Waals surface area contributed by atoms with E-state index in [2.05, 4.69) is 32.8 Å². The van der Waals surface area contributed by atoms with Gasteiger partial charge in [0.05, 0.1) is 6.54 Å². The predicted molar refractivity (Wildman–Crippen MR) is 81.4 cm³/mol. The van der Waals surface area contributed by atoms with E-state index in [4.69, 9.17) is 5.73 Å². The lowest BCUT2D eigenvalue weighted by Gasteiger charge is -2.29. The highest BCUT2D eigenvalue weighted by molar-refractivity contribution is 14.1. The largest absolute Gasteiger partial charge is 0.328 e. The van der Waals surface area contributed by atoms with E-state index in [1.807, 2.05) is 24.3 Å². The van der Waals surface area contributed by atoms with Crippen molar-refractivity contribution in [3.8, 4) is 0 Å². The van der Waals surface area contributed by atoms with Crippen LogP contribution in [-0.4, -0.2) is 36.5 Å². The molecule has 1 aromatic carbocycles. The zero-order valence-electron chi connectivity index (χ0n) is 10.2. The van der Waals surface area contributed by atoms with Crippen LogP contribution in [0.5, 0.6) is 0 Å². The minimum Gasteiger partial charge on any atom is -0.328 e. The second-order valence-electron chi connectivity index (χ2n) is 4.67. The summed E-state index contributed by atoms with van der Waals surface area (Å²) in [6.07, 6.45) is 1.97. The number of carbonyl (C=O) groups is 1. The van der Waals surface area contributed by atoms with Crippen molar-refractivity contribution in [2.45, 2.75) is 18.9 Å². The molecule has 1 saturated heterocycles. The first kappa shape index (κ1) is 13.8. The third kappa shape index (κ3) is 4.22. The number of rotatable bonds is 3. The molecule has 2 rings (SSSR count). The summed E-state index contributed by atoms with van der Waals surface area (Å²) < 4.78 is 1.12. The fourth-order valence-electron chi connectivity index (χ4n) is 2.08. The van der Waals surface area contributed by atoms with Gasteiger partial charge in [0.25, 0.3) is 0 Å². The SMILES string of the molecule is NC1CCN(CC(=O)Nc2cccc(I)c2)CC1. The molecule has 0 radical (unpaired) electrons. The number of anilines is 1. The lowest BCUT2D eigenvalue weighted by atomic mass is 10.1. The molecule has 1 heterocycles. The Morgan fingerprint density at radius 3 is 2.83 bits per heavy atom. The fourth-order valence-corrected chi connectivity index (χ4v) is 2.62. The van der Waals surface area contributed by atoms with Gasteiger partial charge in [0.2, 0.25) is 5.91 Å². The van der Waals surface area contributed by atoms with E-state index in [1.54, 1.807) is 0 Å². The van der Waals surface area contributed by atoms with Crippen LogP contribution < -0.4 is 11.1 Å². The smallest absolute Gasteiger partial charge is 0.238 e. The number of hydrogen-bond donors (Lipinski definition) is 2. The number of likely N-dealkylation sites (tertiary alicyclic amines) is 1. The maximum Gasteiger partial charge on any atom is 0.238 e. The van der Waals surface area contributed by atoms with Crippen molar-refractivity contribution in [2.24, 2.45) is 5.73 Å². The van der Waals surface area contributed by atoms with Crippen molar-refractivity contribution in [1.82, 2.24) is 4.90 Å². The summed E-state index contributed by atoms with van der Waals surface area (Å²) >= 11 is 2.23. The van der Waals surface area contributed by atoms with E-state index in [-0.39, 0.29) is 5.91 Å². The van der Waals surface area contributed by atoms with Gasteiger partial charge in [-0.1, -0.05) is 6.07 Å². The molecule has 1 aliphatic heterocycles. The molecule has 1 aliphatic rings. The van der Waals surface area contributed by atoms with E-state index < -0.39 is 0 Å². The Labute approximate surface area is 121 Å². The molecule has 0 bridgehead atoms. The fraction of sp³-hybridized carbons (Fsp3) is 0.462. The highest BCUT2D eigenvalue weighted by Gasteiger charge is 2.18. The van der Waals surface area contributed by atoms with Crippen molar-refractivity contribution in [2.75, 3.05) is 25.0 Å². The van der Waals surface area contributed by atoms with Gasteiger partial charge in [-0.25, -0.2) is 0 Å². The Hall–Kier alpha value is -0.660. The van der Waals surface area contributed by atoms with Crippen molar-refractivity contribution in [3.05, 3.63) is 27.8 Å². The van der Waals surface area contributed by atoms with Crippen molar-refractivity contribution >= 4 is 34.2 Å². The lowest BCUT2D eigenvalue weighted by molar-refractivity contribution is -0.117. The highest BCUT2D eigenvalue weighted by atomic mass is 127. The number of carbonyl (C=O) groups excluding carboxylic acids is 1. The van der Waals surface area contributed by atoms with Gasteiger partial charge >= 0.3 is 0 Å². The van der Waals surface area contributed by atoms with Crippen LogP contribution in [0.4, 0.5) is 5.69 Å². The van der Waals surface area contributed by atoms with Gasteiger partial charge in [0.15, 0.2) is 0 Å². The molecule has 0 aromatic heterocycles. The predicted octanol–water partition coefficient (Wildman–Crippen LogP) is 1.65. The molecule has 0 saturated carbocycles. The minimum atomic E-state index is 0.0486. The molecule has 3 N–H and O–H groups in total. The van der Waals surface area contributed by atoms with Crippen molar-refractivity contribution in [1.29, 1.82) is 0 Å². The monoisotopic (exact) mass is 359 g/mol. The summed E-state index contributed by atoms with van der Waals surface area (Å²) in [5.41, 5.74) is 6.70. The molecule has 98 valence electrons. The Kier molecular flexibility index (Phi) is 4.96. The average molecular weight is 359 g/mol. The number of nitrogens with one attached hydrogen (secondary N) is 1. The summed E-state index contributed by atoms with van der Waals surface area (Å²) in [7, 11) is 0. The molecule has 5 heteroatoms. The first-order chi connectivity index (χ1) is 8.63. The van der Waals surface area contributed by atoms with Crippen molar-refractivity contribution in [3.63, 3.8) is 0 Å². The molecule has 0 unspecified atom stereocenters. The minimum absolute atomic E-state index is 0.0486. The maximum absolute atomic E-state index is 11.9. The normalized spacial score (nSPS) is 17.7. The quantitative estimate of drug-likeness (QED) is 0.807. The van der Waals surface area contributed by atoms with E-state index in [1.165, 1.54) is 0 Å². The maximum atomic E-state index is 11.9. The van der Waals surface area contributed by atoms with Crippen LogP contribution in [0.15, 0.2) is 24.3 Å². The van der Waals surface area contributed by atoms with Gasteiger partial charge in [-0.2, -0.15) is 0 Å². The molecule has 0 aliphatic carbocycles. The molecule has 4 nitrogen and oxygen atoms in total. The molecule has 0 atom stereocenters. The Bertz CT molecular complexity index is 416. The standard InChI is InChI=1S/C13H18IN3O/c14-10-2-1-3-12(8-10)16-13(18)9-17-6-4-11(15)5-7-17/h1-3,8,11H,4-7,9,15H2,(H,16,18). The molecule has 1 amide bonds. The van der Waals surface area contributed by atoms with E-state index in [0.29, 0.717) is 12.6 Å². The summed E-state index contributed by atoms with van der Waals surface area (Å²) in [6, 6.07) is 8.12. The Morgan fingerprint density at radius 1 is 1.44 bits per heavy atom. The molecular weight excluding hydrogens is 341 g/mol. The van der Waals surface area contributed by atoms with Crippen LogP contribution >= 0.6 is 22.6 Å². The first-order valence-corrected chi connectivity index (χ1v) is 7.25. The zero-order valence-corrected chi connectivity index (χ0v) is 12.4. The van der Waals surface area contributed by atoms with E-state index in [9.17, 15) is 4.79 Å². The summed E-state index contributed by atoms with van der Waals surface area (Å²) in [5, 5.41) is 2.92. The average Bonchev–Trinajstić information content (AvgIpc) is 2.32. The number of nitrogens with zero attached hydrogens (tertiary/aromatic N) is 1. The van der Waals surface area contributed by atoms with E-state index >= 15 is 0 Å². The van der Waals surface area contributed by atoms with Crippen LogP contribution in [0.3, 0.4) is 0 Å². The van der Waals surface area contributed by atoms with E-state index in [0.717, 1.165) is 35.2 Å². The number of halogens is 1. The third-order valence-electron chi connectivity index (χ3n) is 3.11. The highest BCUT2D eigenvalue weighted by Crippen LogP contribution is 2.13. The number of amides is 1. The summed E-state index contributed by atoms with van der Waals surface area (Å²) in [4.78, 5) is 14.0. The molecule has 1 aromatic rings. The van der Waals surface area contributed by atoms with Gasteiger partial charge < -0.3 is 11.1 Å². The summed E-state index contributed by atoms with van der Waals surface area (Å²) in [6.45, 7) is 2.29. The first-order valence-electron chi connectivity index (χ1n) is 6.17. The number of nitrogens with two attached hydrogens (primary N) is 1. The van der Waals surface area contributed by atoms with Crippen LogP contribution in [0.2, 0.25) is 0 Å². The molecule has 0 spiro atoms. The number of benzene rings is 1. The lowest BCUT2D eigenvalue weighted by Crippen LogP contribution is -2.43. The number of piperidine rings is 1. The van der Waals surface area contributed by atoms with Gasteiger partial charge in [-0.3, -0.25) is 9.69 Å². The molecular formula is C13H18IN3O. The number of hydrogen-bond acceptors (Lipinski definition) is 3. The van der Waals surface area contributed by atoms with Gasteiger partial charge in [-0.05, 0) is 53.6 Å². The Balaban J connectivity index is 1.82. The van der Waals surface area contributed by atoms with Crippen LogP contribution in [-0.2, 0) is 4.79 Å². The topological polar surface area (TPSA) is 58.4 Å². The van der Waals surface area contributed by atoms with Gasteiger partial charge in [0, 0.05) is 28.4 Å². The zero-order chi connectivity index (χ0) is 13.0.